The van der Waals surface area contributed by atoms with Gasteiger partial charge in [-0.25, -0.2) is 0 Å². The van der Waals surface area contributed by atoms with E-state index in [1.165, 1.54) is 4.90 Å². The number of benzene rings is 4. The number of nitrogens with zero attached hydrogens (tertiary/aromatic N) is 2. The molecule has 5 aromatic rings. The zero-order valence-corrected chi connectivity index (χ0v) is 24.5. The number of aromatic amines is 1. The zero-order valence-electron chi connectivity index (χ0n) is 24.5. The molecule has 2 aliphatic rings. The number of rotatable bonds is 7. The predicted molar refractivity (Wildman–Crippen MR) is 174 cm³/mol. The van der Waals surface area contributed by atoms with E-state index in [9.17, 15) is 14.4 Å². The lowest BCUT2D eigenvalue weighted by Crippen LogP contribution is -2.32. The van der Waals surface area contributed by atoms with E-state index in [0.717, 1.165) is 45.5 Å². The van der Waals surface area contributed by atoms with Crippen molar-refractivity contribution in [2.24, 2.45) is 0 Å². The number of nitrogens with one attached hydrogen (secondary N) is 3. The van der Waals surface area contributed by atoms with Crippen molar-refractivity contribution < 1.29 is 14.4 Å². The van der Waals surface area contributed by atoms with Gasteiger partial charge in [0.15, 0.2) is 0 Å². The van der Waals surface area contributed by atoms with Crippen molar-refractivity contribution in [1.82, 2.24) is 9.88 Å². The lowest BCUT2D eigenvalue weighted by Gasteiger charge is -2.23. The highest BCUT2D eigenvalue weighted by Crippen LogP contribution is 2.34. The zero-order chi connectivity index (χ0) is 30.2. The summed E-state index contributed by atoms with van der Waals surface area (Å²) in [5, 5.41) is 8.15. The molecule has 3 heterocycles. The normalized spacial score (nSPS) is 16.0. The molecule has 0 saturated heterocycles. The molecule has 1 atom stereocenters. The molecular formula is C36H33N5O3. The Bertz CT molecular complexity index is 1880. The number of aromatic nitrogens is 1. The van der Waals surface area contributed by atoms with Crippen molar-refractivity contribution in [2.75, 3.05) is 35.2 Å². The highest BCUT2D eigenvalue weighted by atomic mass is 16.2. The first-order valence-electron chi connectivity index (χ1n) is 15.1. The predicted octanol–water partition coefficient (Wildman–Crippen LogP) is 6.78. The number of hydrogen-bond donors (Lipinski definition) is 3. The minimum atomic E-state index is -0.250. The summed E-state index contributed by atoms with van der Waals surface area (Å²) in [5.41, 5.74) is 7.20. The molecular weight excluding hydrogens is 550 g/mol. The van der Waals surface area contributed by atoms with E-state index in [-0.39, 0.29) is 23.8 Å². The van der Waals surface area contributed by atoms with Crippen LogP contribution in [0.1, 0.15) is 50.8 Å². The lowest BCUT2D eigenvalue weighted by atomic mass is 9.99. The van der Waals surface area contributed by atoms with Gasteiger partial charge in [-0.3, -0.25) is 19.3 Å². The summed E-state index contributed by atoms with van der Waals surface area (Å²) in [6.07, 6.45) is 3.31. The molecule has 0 bridgehead atoms. The molecule has 0 saturated carbocycles. The van der Waals surface area contributed by atoms with Crippen LogP contribution in [0.3, 0.4) is 0 Å². The lowest BCUT2D eigenvalue weighted by molar-refractivity contribution is 0.0653. The smallest absolute Gasteiger partial charge is 0.261 e. The van der Waals surface area contributed by atoms with Gasteiger partial charge < -0.3 is 20.5 Å². The van der Waals surface area contributed by atoms with Gasteiger partial charge in [-0.2, -0.15) is 0 Å². The molecule has 1 unspecified atom stereocenters. The topological polar surface area (TPSA) is 97.5 Å². The van der Waals surface area contributed by atoms with E-state index in [1.807, 2.05) is 59.6 Å². The van der Waals surface area contributed by atoms with Crippen LogP contribution in [-0.2, 0) is 0 Å². The average Bonchev–Trinajstić information content (AvgIpc) is 3.56. The number of fused-ring (bicyclic) bond motifs is 3. The quantitative estimate of drug-likeness (QED) is 0.145. The van der Waals surface area contributed by atoms with Crippen molar-refractivity contribution in [3.8, 4) is 11.1 Å². The number of hydrogen-bond acceptors (Lipinski definition) is 5. The Balaban J connectivity index is 1.15. The van der Waals surface area contributed by atoms with Crippen LogP contribution in [0.4, 0.5) is 17.1 Å². The van der Waals surface area contributed by atoms with Crippen molar-refractivity contribution in [3.05, 3.63) is 114 Å². The summed E-state index contributed by atoms with van der Waals surface area (Å²) in [6.45, 7) is 3.56. The molecule has 4 aromatic carbocycles. The third kappa shape index (κ3) is 4.98. The number of carbonyl (C=O) groups excluding carboxylic acids is 3. The van der Waals surface area contributed by atoms with Crippen LogP contribution in [0.25, 0.3) is 22.0 Å². The highest BCUT2D eigenvalue weighted by molar-refractivity contribution is 6.21. The highest BCUT2D eigenvalue weighted by Gasteiger charge is 2.34. The van der Waals surface area contributed by atoms with E-state index in [1.54, 1.807) is 24.3 Å². The van der Waals surface area contributed by atoms with E-state index in [4.69, 9.17) is 0 Å². The Hall–Kier alpha value is -5.37. The summed E-state index contributed by atoms with van der Waals surface area (Å²) in [6, 6.07) is 29.2. The molecule has 8 nitrogen and oxygen atoms in total. The second-order valence-corrected chi connectivity index (χ2v) is 11.4. The fourth-order valence-corrected chi connectivity index (χ4v) is 6.18. The van der Waals surface area contributed by atoms with Gasteiger partial charge in [0.1, 0.15) is 0 Å². The molecule has 8 heteroatoms. The summed E-state index contributed by atoms with van der Waals surface area (Å²) in [7, 11) is 0. The number of amides is 3. The van der Waals surface area contributed by atoms with Gasteiger partial charge in [-0.15, -0.1) is 0 Å². The Morgan fingerprint density at radius 3 is 2.48 bits per heavy atom. The van der Waals surface area contributed by atoms with Gasteiger partial charge in [-0.05, 0) is 85.3 Å². The molecule has 0 spiro atoms. The first-order chi connectivity index (χ1) is 21.5. The van der Waals surface area contributed by atoms with E-state index in [2.05, 4.69) is 40.7 Å². The molecule has 220 valence electrons. The van der Waals surface area contributed by atoms with E-state index in [0.29, 0.717) is 42.7 Å². The molecule has 44 heavy (non-hydrogen) atoms. The number of imide groups is 1. The first-order valence-corrected chi connectivity index (χ1v) is 15.1. The standard InChI is InChI=1S/C36H33N5O3/c1-23-16-20-40(33-10-5-4-9-31(33)39-23)34(42)26-11-13-27(24-12-14-30-25(21-24)15-18-38-30)32(22-26)37-17-6-19-41-35(43)28-7-2-3-8-29(28)36(41)44/h2-5,7-15,18,21-23,37-39H,6,16-17,19-20H2,1H3. The van der Waals surface area contributed by atoms with Crippen LogP contribution in [0, 0.1) is 0 Å². The van der Waals surface area contributed by atoms with Crippen LogP contribution in [0.15, 0.2) is 97.2 Å². The molecule has 2 aliphatic heterocycles. The number of H-pyrrole nitrogens is 1. The number of anilines is 3. The Labute approximate surface area is 255 Å². The molecule has 3 amide bonds. The summed E-state index contributed by atoms with van der Waals surface area (Å²) in [4.78, 5) is 46.1. The van der Waals surface area contributed by atoms with Gasteiger partial charge >= 0.3 is 0 Å². The van der Waals surface area contributed by atoms with Crippen molar-refractivity contribution in [2.45, 2.75) is 25.8 Å². The molecule has 0 fully saturated rings. The van der Waals surface area contributed by atoms with Crippen LogP contribution < -0.4 is 15.5 Å². The first kappa shape index (κ1) is 27.5. The average molecular weight is 584 g/mol. The van der Waals surface area contributed by atoms with Crippen molar-refractivity contribution in [3.63, 3.8) is 0 Å². The van der Waals surface area contributed by atoms with Gasteiger partial charge in [0, 0.05) is 54.2 Å². The Morgan fingerprint density at radius 2 is 1.66 bits per heavy atom. The Morgan fingerprint density at radius 1 is 0.886 bits per heavy atom. The van der Waals surface area contributed by atoms with Gasteiger partial charge in [0.2, 0.25) is 0 Å². The number of para-hydroxylation sites is 2. The van der Waals surface area contributed by atoms with E-state index >= 15 is 0 Å². The Kier molecular flexibility index (Phi) is 7.10. The monoisotopic (exact) mass is 583 g/mol. The molecule has 0 aliphatic carbocycles. The fraction of sp³-hybridized carbons (Fsp3) is 0.194. The fourth-order valence-electron chi connectivity index (χ4n) is 6.18. The van der Waals surface area contributed by atoms with Crippen LogP contribution >= 0.6 is 0 Å². The number of carbonyl (C=O) groups is 3. The minimum absolute atomic E-state index is 0.0601. The molecule has 1 aromatic heterocycles. The van der Waals surface area contributed by atoms with Gasteiger partial charge in [0.05, 0.1) is 22.5 Å². The van der Waals surface area contributed by atoms with Crippen molar-refractivity contribution in [1.29, 1.82) is 0 Å². The summed E-state index contributed by atoms with van der Waals surface area (Å²) in [5.74, 6) is -0.560. The maximum absolute atomic E-state index is 14.0. The molecule has 7 rings (SSSR count). The summed E-state index contributed by atoms with van der Waals surface area (Å²) >= 11 is 0. The molecule has 3 N–H and O–H groups in total. The van der Waals surface area contributed by atoms with Crippen LogP contribution in [0.2, 0.25) is 0 Å². The van der Waals surface area contributed by atoms with Crippen LogP contribution in [-0.4, -0.2) is 53.3 Å². The maximum atomic E-state index is 14.0. The second kappa shape index (κ2) is 11.4. The largest absolute Gasteiger partial charge is 0.384 e. The SMILES string of the molecule is CC1CCN(C(=O)c2ccc(-c3ccc4[nH]ccc4c3)c(NCCCN3C(=O)c4ccccc4C3=O)c2)c2ccccc2N1. The van der Waals surface area contributed by atoms with Crippen molar-refractivity contribution >= 4 is 45.7 Å². The third-order valence-electron chi connectivity index (χ3n) is 8.51. The molecule has 0 radical (unpaired) electrons. The van der Waals surface area contributed by atoms with Gasteiger partial charge in [-0.1, -0.05) is 36.4 Å². The van der Waals surface area contributed by atoms with Gasteiger partial charge in [0.25, 0.3) is 17.7 Å². The van der Waals surface area contributed by atoms with Crippen LogP contribution in [0.5, 0.6) is 0 Å². The minimum Gasteiger partial charge on any atom is -0.384 e. The summed E-state index contributed by atoms with van der Waals surface area (Å²) < 4.78 is 0. The second-order valence-electron chi connectivity index (χ2n) is 11.4. The third-order valence-corrected chi connectivity index (χ3v) is 8.51. The maximum Gasteiger partial charge on any atom is 0.261 e. The van der Waals surface area contributed by atoms with E-state index < -0.39 is 0 Å².